The summed E-state index contributed by atoms with van der Waals surface area (Å²) >= 11 is 0. The third-order valence-corrected chi connectivity index (χ3v) is 5.43. The lowest BCUT2D eigenvalue weighted by Gasteiger charge is -2.32. The lowest BCUT2D eigenvalue weighted by Crippen LogP contribution is -2.40. The molecule has 136 valence electrons. The van der Waals surface area contributed by atoms with Crippen molar-refractivity contribution >= 4 is 16.9 Å². The third-order valence-electron chi connectivity index (χ3n) is 5.43. The summed E-state index contributed by atoms with van der Waals surface area (Å²) in [5.41, 5.74) is 3.27. The first-order valence-corrected chi connectivity index (χ1v) is 9.31. The van der Waals surface area contributed by atoms with Crippen molar-refractivity contribution in [1.82, 2.24) is 24.2 Å². The number of aromatic nitrogens is 4. The maximum Gasteiger partial charge on any atom is 0.224 e. The fourth-order valence-electron chi connectivity index (χ4n) is 3.94. The zero-order valence-corrected chi connectivity index (χ0v) is 15.4. The van der Waals surface area contributed by atoms with Gasteiger partial charge in [0.15, 0.2) is 0 Å². The maximum absolute atomic E-state index is 12.7. The van der Waals surface area contributed by atoms with Gasteiger partial charge in [-0.25, -0.2) is 4.98 Å². The number of para-hydroxylation sites is 2. The van der Waals surface area contributed by atoms with E-state index in [-0.39, 0.29) is 5.91 Å². The summed E-state index contributed by atoms with van der Waals surface area (Å²) in [6.45, 7) is 4.26. The molecule has 6 heteroatoms. The van der Waals surface area contributed by atoms with Gasteiger partial charge in [-0.1, -0.05) is 12.1 Å². The number of carbonyl (C=O) groups excluding carboxylic acids is 1. The van der Waals surface area contributed by atoms with Crippen molar-refractivity contribution in [3.05, 3.63) is 48.0 Å². The molecule has 0 spiro atoms. The monoisotopic (exact) mass is 351 g/mol. The summed E-state index contributed by atoms with van der Waals surface area (Å²) in [7, 11) is 2.08. The number of imidazole rings is 1. The van der Waals surface area contributed by atoms with Crippen LogP contribution >= 0.6 is 0 Å². The van der Waals surface area contributed by atoms with E-state index in [9.17, 15) is 4.79 Å². The molecule has 1 fully saturated rings. The largest absolute Gasteiger partial charge is 0.342 e. The van der Waals surface area contributed by atoms with E-state index in [4.69, 9.17) is 4.98 Å². The van der Waals surface area contributed by atoms with Crippen LogP contribution in [0, 0.1) is 6.92 Å². The van der Waals surface area contributed by atoms with Crippen molar-refractivity contribution < 1.29 is 4.79 Å². The summed E-state index contributed by atoms with van der Waals surface area (Å²) in [5.74, 6) is 1.60. The second kappa shape index (κ2) is 6.94. The van der Waals surface area contributed by atoms with Gasteiger partial charge < -0.3 is 9.47 Å². The number of nitrogens with zero attached hydrogens (tertiary/aromatic N) is 5. The van der Waals surface area contributed by atoms with Gasteiger partial charge in [0.25, 0.3) is 0 Å². The van der Waals surface area contributed by atoms with Crippen LogP contribution in [-0.4, -0.2) is 43.2 Å². The molecule has 1 aromatic carbocycles. The lowest BCUT2D eigenvalue weighted by atomic mass is 9.97. The van der Waals surface area contributed by atoms with Crippen LogP contribution in [-0.2, 0) is 18.4 Å². The molecule has 2 aromatic heterocycles. The van der Waals surface area contributed by atoms with E-state index in [2.05, 4.69) is 28.8 Å². The number of rotatable bonds is 4. The van der Waals surface area contributed by atoms with Gasteiger partial charge in [-0.2, -0.15) is 5.10 Å². The van der Waals surface area contributed by atoms with Gasteiger partial charge in [-0.05, 0) is 38.0 Å². The number of hydrogen-bond acceptors (Lipinski definition) is 3. The molecule has 1 atom stereocenters. The molecular formula is C20H25N5O. The SMILES string of the molecule is Cc1ccnn1CCC(=O)N1CCCC(c2nc3ccccc3n2C)C1. The Morgan fingerprint density at radius 1 is 1.27 bits per heavy atom. The zero-order chi connectivity index (χ0) is 18.1. The molecule has 1 aliphatic heterocycles. The predicted molar refractivity (Wildman–Crippen MR) is 101 cm³/mol. The number of aryl methyl sites for hydroxylation is 3. The molecule has 1 saturated heterocycles. The van der Waals surface area contributed by atoms with Crippen molar-refractivity contribution in [1.29, 1.82) is 0 Å². The number of piperidine rings is 1. The Kier molecular flexibility index (Phi) is 4.49. The minimum Gasteiger partial charge on any atom is -0.342 e. The summed E-state index contributed by atoms with van der Waals surface area (Å²) in [6, 6.07) is 10.2. The highest BCUT2D eigenvalue weighted by Crippen LogP contribution is 2.28. The number of likely N-dealkylation sites (tertiary alicyclic amines) is 1. The summed E-state index contributed by atoms with van der Waals surface area (Å²) in [6.07, 6.45) is 4.39. The average molecular weight is 351 g/mol. The Balaban J connectivity index is 1.45. The molecule has 0 bridgehead atoms. The van der Waals surface area contributed by atoms with Crippen LogP contribution in [0.25, 0.3) is 11.0 Å². The average Bonchev–Trinajstić information content (AvgIpc) is 3.23. The molecule has 6 nitrogen and oxygen atoms in total. The smallest absolute Gasteiger partial charge is 0.224 e. The molecule has 1 amide bonds. The van der Waals surface area contributed by atoms with Gasteiger partial charge >= 0.3 is 0 Å². The third kappa shape index (κ3) is 3.11. The Morgan fingerprint density at radius 2 is 2.12 bits per heavy atom. The number of hydrogen-bond donors (Lipinski definition) is 0. The van der Waals surface area contributed by atoms with Crippen molar-refractivity contribution in [2.24, 2.45) is 7.05 Å². The predicted octanol–water partition coefficient (Wildman–Crippen LogP) is 2.87. The lowest BCUT2D eigenvalue weighted by molar-refractivity contribution is -0.132. The molecule has 1 aliphatic rings. The Bertz CT molecular complexity index is 925. The van der Waals surface area contributed by atoms with Crippen LogP contribution in [0.2, 0.25) is 0 Å². The van der Waals surface area contributed by atoms with Crippen molar-refractivity contribution in [3.8, 4) is 0 Å². The Labute approximate surface area is 153 Å². The highest BCUT2D eigenvalue weighted by molar-refractivity contribution is 5.77. The maximum atomic E-state index is 12.7. The van der Waals surface area contributed by atoms with E-state index in [0.29, 0.717) is 18.9 Å². The second-order valence-corrected chi connectivity index (χ2v) is 7.14. The second-order valence-electron chi connectivity index (χ2n) is 7.14. The molecule has 1 unspecified atom stereocenters. The van der Waals surface area contributed by atoms with Gasteiger partial charge in [0.2, 0.25) is 5.91 Å². The van der Waals surface area contributed by atoms with Crippen LogP contribution in [0.15, 0.2) is 36.5 Å². The zero-order valence-electron chi connectivity index (χ0n) is 15.4. The highest BCUT2D eigenvalue weighted by Gasteiger charge is 2.27. The quantitative estimate of drug-likeness (QED) is 0.726. The summed E-state index contributed by atoms with van der Waals surface area (Å²) in [5, 5.41) is 4.26. The number of fused-ring (bicyclic) bond motifs is 1. The standard InChI is InChI=1S/C20H25N5O/c1-15-9-11-21-25(15)13-10-19(26)24-12-5-6-16(14-24)20-22-17-7-3-4-8-18(17)23(20)2/h3-4,7-9,11,16H,5-6,10,12-14H2,1-2H3. The molecule has 0 aliphatic carbocycles. The van der Waals surface area contributed by atoms with E-state index in [1.54, 1.807) is 6.20 Å². The fourth-order valence-corrected chi connectivity index (χ4v) is 3.94. The minimum atomic E-state index is 0.211. The number of amides is 1. The van der Waals surface area contributed by atoms with Crippen LogP contribution in [0.5, 0.6) is 0 Å². The first-order valence-electron chi connectivity index (χ1n) is 9.31. The highest BCUT2D eigenvalue weighted by atomic mass is 16.2. The Hall–Kier alpha value is -2.63. The van der Waals surface area contributed by atoms with Gasteiger partial charge in [0, 0.05) is 50.9 Å². The topological polar surface area (TPSA) is 56.0 Å². The fraction of sp³-hybridized carbons (Fsp3) is 0.450. The van der Waals surface area contributed by atoms with Crippen LogP contribution in [0.4, 0.5) is 0 Å². The van der Waals surface area contributed by atoms with Gasteiger partial charge in [0.05, 0.1) is 11.0 Å². The summed E-state index contributed by atoms with van der Waals surface area (Å²) < 4.78 is 4.08. The van der Waals surface area contributed by atoms with E-state index >= 15 is 0 Å². The normalized spacial score (nSPS) is 17.8. The van der Waals surface area contributed by atoms with E-state index in [1.807, 2.05) is 34.7 Å². The first kappa shape index (κ1) is 16.8. The molecule has 0 N–H and O–H groups in total. The molecule has 26 heavy (non-hydrogen) atoms. The molecule has 3 heterocycles. The van der Waals surface area contributed by atoms with Gasteiger partial charge in [-0.15, -0.1) is 0 Å². The van der Waals surface area contributed by atoms with Crippen molar-refractivity contribution in [3.63, 3.8) is 0 Å². The van der Waals surface area contributed by atoms with Crippen molar-refractivity contribution in [2.75, 3.05) is 13.1 Å². The van der Waals surface area contributed by atoms with Crippen LogP contribution < -0.4 is 0 Å². The van der Waals surface area contributed by atoms with E-state index in [0.717, 1.165) is 48.5 Å². The molecule has 3 aromatic rings. The Morgan fingerprint density at radius 3 is 2.88 bits per heavy atom. The van der Waals surface area contributed by atoms with Crippen LogP contribution in [0.1, 0.15) is 36.7 Å². The minimum absolute atomic E-state index is 0.211. The molecular weight excluding hydrogens is 326 g/mol. The van der Waals surface area contributed by atoms with Crippen molar-refractivity contribution in [2.45, 2.75) is 38.6 Å². The van der Waals surface area contributed by atoms with E-state index < -0.39 is 0 Å². The van der Waals surface area contributed by atoms with E-state index in [1.165, 1.54) is 0 Å². The van der Waals surface area contributed by atoms with Crippen LogP contribution in [0.3, 0.4) is 0 Å². The molecule has 0 saturated carbocycles. The summed E-state index contributed by atoms with van der Waals surface area (Å²) in [4.78, 5) is 19.5. The molecule has 4 rings (SSSR count). The first-order chi connectivity index (χ1) is 12.6. The number of benzene rings is 1. The molecule has 0 radical (unpaired) electrons. The number of carbonyl (C=O) groups is 1. The van der Waals surface area contributed by atoms with Gasteiger partial charge in [0.1, 0.15) is 5.82 Å². The van der Waals surface area contributed by atoms with Gasteiger partial charge in [-0.3, -0.25) is 9.48 Å².